The first-order valence-electron chi connectivity index (χ1n) is 9.51. The van der Waals surface area contributed by atoms with Gasteiger partial charge in [0, 0.05) is 44.0 Å². The quantitative estimate of drug-likeness (QED) is 0.843. The van der Waals surface area contributed by atoms with Crippen LogP contribution in [0.1, 0.15) is 37.7 Å². The van der Waals surface area contributed by atoms with Crippen molar-refractivity contribution in [2.45, 2.75) is 45.7 Å². The Morgan fingerprint density at radius 2 is 1.88 bits per heavy atom. The molecule has 2 saturated heterocycles. The van der Waals surface area contributed by atoms with Crippen LogP contribution in [0.4, 0.5) is 5.82 Å². The third-order valence-electron chi connectivity index (χ3n) is 5.58. The standard InChI is InChI=1S/C18H29N7/c1-14-12-17(23-10-8-22(3)9-11-23)25-18(19-14)20-16(21-25)13-24-7-5-4-6-15(24)2/h12,15H,4-11,13H2,1-3H3. The normalized spacial score (nSPS) is 23.5. The zero-order valence-corrected chi connectivity index (χ0v) is 15.6. The van der Waals surface area contributed by atoms with Crippen molar-refractivity contribution in [1.29, 1.82) is 0 Å². The minimum atomic E-state index is 0.618. The molecule has 2 aromatic heterocycles. The third kappa shape index (κ3) is 3.48. The summed E-state index contributed by atoms with van der Waals surface area (Å²) < 4.78 is 1.95. The second-order valence-corrected chi connectivity index (χ2v) is 7.60. The van der Waals surface area contributed by atoms with E-state index in [-0.39, 0.29) is 0 Å². The van der Waals surface area contributed by atoms with Crippen LogP contribution in [0.25, 0.3) is 5.78 Å². The molecule has 7 heteroatoms. The first kappa shape index (κ1) is 16.7. The lowest BCUT2D eigenvalue weighted by Gasteiger charge is -2.33. The van der Waals surface area contributed by atoms with E-state index < -0.39 is 0 Å². The van der Waals surface area contributed by atoms with Crippen LogP contribution in [0.2, 0.25) is 0 Å². The molecular weight excluding hydrogens is 314 g/mol. The van der Waals surface area contributed by atoms with E-state index in [1.165, 1.54) is 19.3 Å². The molecular formula is C18H29N7. The van der Waals surface area contributed by atoms with E-state index in [1.807, 2.05) is 11.4 Å². The fourth-order valence-corrected chi connectivity index (χ4v) is 3.91. The molecule has 1 atom stereocenters. The van der Waals surface area contributed by atoms with Crippen LogP contribution in [-0.2, 0) is 6.54 Å². The van der Waals surface area contributed by atoms with E-state index >= 15 is 0 Å². The highest BCUT2D eigenvalue weighted by Gasteiger charge is 2.22. The number of aryl methyl sites for hydroxylation is 1. The number of likely N-dealkylation sites (tertiary alicyclic amines) is 1. The van der Waals surface area contributed by atoms with Crippen LogP contribution in [0.5, 0.6) is 0 Å². The minimum absolute atomic E-state index is 0.618. The van der Waals surface area contributed by atoms with Crippen LogP contribution in [0.3, 0.4) is 0 Å². The lowest BCUT2D eigenvalue weighted by molar-refractivity contribution is 0.149. The first-order chi connectivity index (χ1) is 12.1. The monoisotopic (exact) mass is 343 g/mol. The Balaban J connectivity index is 1.62. The summed E-state index contributed by atoms with van der Waals surface area (Å²) in [5.74, 6) is 2.75. The fraction of sp³-hybridized carbons (Fsp3) is 0.722. The lowest BCUT2D eigenvalue weighted by atomic mass is 10.0. The SMILES string of the molecule is Cc1cc(N2CCN(C)CC2)n2nc(CN3CCCCC3C)nc2n1. The number of anilines is 1. The summed E-state index contributed by atoms with van der Waals surface area (Å²) in [6.45, 7) is 10.5. The van der Waals surface area contributed by atoms with Crippen LogP contribution in [0, 0.1) is 6.92 Å². The number of hydrogen-bond donors (Lipinski definition) is 0. The molecule has 1 unspecified atom stereocenters. The molecule has 0 aromatic carbocycles. The summed E-state index contributed by atoms with van der Waals surface area (Å²) >= 11 is 0. The van der Waals surface area contributed by atoms with Gasteiger partial charge in [-0.25, -0.2) is 4.98 Å². The summed E-state index contributed by atoms with van der Waals surface area (Å²) in [4.78, 5) is 16.6. The van der Waals surface area contributed by atoms with Gasteiger partial charge in [-0.05, 0) is 40.3 Å². The topological polar surface area (TPSA) is 52.8 Å². The van der Waals surface area contributed by atoms with E-state index in [1.54, 1.807) is 0 Å². The van der Waals surface area contributed by atoms with Crippen molar-refractivity contribution >= 4 is 11.6 Å². The van der Waals surface area contributed by atoms with Crippen molar-refractivity contribution < 1.29 is 0 Å². The van der Waals surface area contributed by atoms with E-state index in [9.17, 15) is 0 Å². The molecule has 25 heavy (non-hydrogen) atoms. The van der Waals surface area contributed by atoms with Gasteiger partial charge in [0.15, 0.2) is 5.82 Å². The highest BCUT2D eigenvalue weighted by Crippen LogP contribution is 2.21. The number of aromatic nitrogens is 4. The Bertz CT molecular complexity index is 732. The molecule has 0 radical (unpaired) electrons. The average Bonchev–Trinajstić information content (AvgIpc) is 2.99. The van der Waals surface area contributed by atoms with Crippen LogP contribution in [0.15, 0.2) is 6.07 Å². The summed E-state index contributed by atoms with van der Waals surface area (Å²) in [6, 6.07) is 2.76. The maximum absolute atomic E-state index is 4.82. The molecule has 2 aromatic rings. The van der Waals surface area contributed by atoms with E-state index in [4.69, 9.17) is 10.1 Å². The average molecular weight is 343 g/mol. The molecule has 2 aliphatic heterocycles. The van der Waals surface area contributed by atoms with Gasteiger partial charge in [-0.15, -0.1) is 5.10 Å². The number of nitrogens with zero attached hydrogens (tertiary/aromatic N) is 7. The second-order valence-electron chi connectivity index (χ2n) is 7.60. The van der Waals surface area contributed by atoms with Crippen molar-refractivity contribution in [2.24, 2.45) is 0 Å². The number of hydrogen-bond acceptors (Lipinski definition) is 6. The minimum Gasteiger partial charge on any atom is -0.354 e. The molecule has 136 valence electrons. The number of rotatable bonds is 3. The highest BCUT2D eigenvalue weighted by atomic mass is 15.4. The molecule has 0 aliphatic carbocycles. The van der Waals surface area contributed by atoms with Crippen LogP contribution in [-0.4, -0.2) is 75.2 Å². The van der Waals surface area contributed by atoms with Crippen molar-refractivity contribution in [1.82, 2.24) is 29.4 Å². The van der Waals surface area contributed by atoms with Crippen LogP contribution < -0.4 is 4.90 Å². The largest absolute Gasteiger partial charge is 0.354 e. The summed E-state index contributed by atoms with van der Waals surface area (Å²) in [5.41, 5.74) is 1.01. The summed E-state index contributed by atoms with van der Waals surface area (Å²) in [6.07, 6.45) is 3.89. The van der Waals surface area contributed by atoms with E-state index in [2.05, 4.69) is 39.7 Å². The molecule has 0 bridgehead atoms. The number of likely N-dealkylation sites (N-methyl/N-ethyl adjacent to an activating group) is 1. The van der Waals surface area contributed by atoms with Gasteiger partial charge >= 0.3 is 0 Å². The van der Waals surface area contributed by atoms with Crippen molar-refractivity contribution in [3.63, 3.8) is 0 Å². The number of fused-ring (bicyclic) bond motifs is 1. The Hall–Kier alpha value is -1.73. The van der Waals surface area contributed by atoms with Gasteiger partial charge in [0.25, 0.3) is 5.78 Å². The molecule has 4 heterocycles. The molecule has 2 fully saturated rings. The third-order valence-corrected chi connectivity index (χ3v) is 5.58. The van der Waals surface area contributed by atoms with Gasteiger partial charge in [0.1, 0.15) is 5.82 Å². The summed E-state index contributed by atoms with van der Waals surface area (Å²) in [7, 11) is 2.18. The van der Waals surface area contributed by atoms with E-state index in [0.717, 1.165) is 62.4 Å². The first-order valence-corrected chi connectivity index (χ1v) is 9.51. The van der Waals surface area contributed by atoms with Gasteiger partial charge in [0.2, 0.25) is 0 Å². The Morgan fingerprint density at radius 1 is 1.08 bits per heavy atom. The molecule has 0 N–H and O–H groups in total. The molecule has 4 rings (SSSR count). The Morgan fingerprint density at radius 3 is 2.64 bits per heavy atom. The van der Waals surface area contributed by atoms with Crippen molar-refractivity contribution in [3.8, 4) is 0 Å². The molecule has 0 spiro atoms. The predicted molar refractivity (Wildman–Crippen MR) is 99.0 cm³/mol. The molecule has 0 saturated carbocycles. The highest BCUT2D eigenvalue weighted by molar-refractivity contribution is 5.48. The lowest BCUT2D eigenvalue weighted by Crippen LogP contribution is -2.45. The van der Waals surface area contributed by atoms with Crippen LogP contribution >= 0.6 is 0 Å². The van der Waals surface area contributed by atoms with Gasteiger partial charge in [-0.1, -0.05) is 6.42 Å². The maximum Gasteiger partial charge on any atom is 0.254 e. The number of piperazine rings is 1. The number of piperidine rings is 1. The predicted octanol–water partition coefficient (Wildman–Crippen LogP) is 1.56. The molecule has 0 amide bonds. The zero-order valence-electron chi connectivity index (χ0n) is 15.6. The molecule has 7 nitrogen and oxygen atoms in total. The van der Waals surface area contributed by atoms with Gasteiger partial charge in [-0.2, -0.15) is 9.50 Å². The Labute approximate surface area is 149 Å². The molecule has 2 aliphatic rings. The van der Waals surface area contributed by atoms with Gasteiger partial charge < -0.3 is 9.80 Å². The second kappa shape index (κ2) is 6.88. The summed E-state index contributed by atoms with van der Waals surface area (Å²) in [5, 5.41) is 4.82. The van der Waals surface area contributed by atoms with Crippen molar-refractivity contribution in [2.75, 3.05) is 44.7 Å². The maximum atomic E-state index is 4.82. The van der Waals surface area contributed by atoms with Crippen molar-refractivity contribution in [3.05, 3.63) is 17.6 Å². The Kier molecular flexibility index (Phi) is 4.60. The smallest absolute Gasteiger partial charge is 0.254 e. The zero-order chi connectivity index (χ0) is 17.4. The van der Waals surface area contributed by atoms with Gasteiger partial charge in [0.05, 0.1) is 6.54 Å². The van der Waals surface area contributed by atoms with E-state index in [0.29, 0.717) is 6.04 Å². The fourth-order valence-electron chi connectivity index (χ4n) is 3.91. The van der Waals surface area contributed by atoms with Gasteiger partial charge in [-0.3, -0.25) is 4.90 Å².